The molecular formula is C14H14FNO2. The highest BCUT2D eigenvalue weighted by atomic mass is 19.1. The molecule has 0 atom stereocenters. The first kappa shape index (κ1) is 12.4. The fourth-order valence-corrected chi connectivity index (χ4v) is 1.79. The Morgan fingerprint density at radius 3 is 2.72 bits per heavy atom. The van der Waals surface area contributed by atoms with Gasteiger partial charge in [0.1, 0.15) is 11.6 Å². The maximum Gasteiger partial charge on any atom is 0.250 e. The third kappa shape index (κ3) is 2.27. The fraction of sp³-hybridized carbons (Fsp3) is 0.214. The highest BCUT2D eigenvalue weighted by Gasteiger charge is 2.09. The van der Waals surface area contributed by atoms with Crippen molar-refractivity contribution in [2.75, 3.05) is 6.61 Å². The zero-order valence-corrected chi connectivity index (χ0v) is 10.3. The Bertz CT molecular complexity index is 619. The lowest BCUT2D eigenvalue weighted by Crippen LogP contribution is -2.16. The molecule has 0 saturated carbocycles. The van der Waals surface area contributed by atoms with E-state index >= 15 is 0 Å². The van der Waals surface area contributed by atoms with Crippen molar-refractivity contribution < 1.29 is 9.13 Å². The third-order valence-corrected chi connectivity index (χ3v) is 2.71. The number of nitrogens with zero attached hydrogens (tertiary/aromatic N) is 1. The van der Waals surface area contributed by atoms with Gasteiger partial charge in [0.05, 0.1) is 12.3 Å². The second-order valence-corrected chi connectivity index (χ2v) is 3.88. The van der Waals surface area contributed by atoms with Crippen molar-refractivity contribution in [1.29, 1.82) is 0 Å². The van der Waals surface area contributed by atoms with E-state index in [1.807, 2.05) is 6.92 Å². The molecule has 0 fully saturated rings. The largest absolute Gasteiger partial charge is 0.494 e. The van der Waals surface area contributed by atoms with Gasteiger partial charge in [-0.25, -0.2) is 4.39 Å². The molecule has 0 aliphatic rings. The summed E-state index contributed by atoms with van der Waals surface area (Å²) >= 11 is 0. The van der Waals surface area contributed by atoms with Gasteiger partial charge in [-0.05, 0) is 25.1 Å². The maximum absolute atomic E-state index is 14.0. The van der Waals surface area contributed by atoms with Crippen LogP contribution in [0, 0.1) is 5.82 Å². The van der Waals surface area contributed by atoms with Crippen LogP contribution in [0.1, 0.15) is 6.92 Å². The average Bonchev–Trinajstić information content (AvgIpc) is 2.34. The van der Waals surface area contributed by atoms with E-state index in [0.717, 1.165) is 0 Å². The Labute approximate surface area is 104 Å². The van der Waals surface area contributed by atoms with Crippen molar-refractivity contribution in [2.24, 2.45) is 7.05 Å². The van der Waals surface area contributed by atoms with Gasteiger partial charge in [0.15, 0.2) is 0 Å². The van der Waals surface area contributed by atoms with Gasteiger partial charge in [-0.2, -0.15) is 0 Å². The SMILES string of the molecule is CCOc1ccc(-c2cccc(=O)n2C)c(F)c1. The summed E-state index contributed by atoms with van der Waals surface area (Å²) in [4.78, 5) is 11.5. The van der Waals surface area contributed by atoms with Gasteiger partial charge in [0.2, 0.25) is 0 Å². The van der Waals surface area contributed by atoms with Crippen LogP contribution in [0.15, 0.2) is 41.2 Å². The number of benzene rings is 1. The molecule has 0 unspecified atom stereocenters. The van der Waals surface area contributed by atoms with Crippen molar-refractivity contribution in [3.8, 4) is 17.0 Å². The predicted molar refractivity (Wildman–Crippen MR) is 68.2 cm³/mol. The van der Waals surface area contributed by atoms with Gasteiger partial charge in [-0.1, -0.05) is 6.07 Å². The van der Waals surface area contributed by atoms with E-state index in [1.165, 1.54) is 16.7 Å². The van der Waals surface area contributed by atoms with Crippen LogP contribution in [0.25, 0.3) is 11.3 Å². The molecule has 1 aromatic carbocycles. The average molecular weight is 247 g/mol. The summed E-state index contributed by atoms with van der Waals surface area (Å²) in [5, 5.41) is 0. The zero-order chi connectivity index (χ0) is 13.1. The van der Waals surface area contributed by atoms with E-state index in [1.54, 1.807) is 31.3 Å². The molecule has 4 heteroatoms. The molecule has 1 heterocycles. The molecule has 0 N–H and O–H groups in total. The Balaban J connectivity index is 2.51. The summed E-state index contributed by atoms with van der Waals surface area (Å²) in [6.07, 6.45) is 0. The maximum atomic E-state index is 14.0. The molecule has 0 radical (unpaired) electrons. The molecule has 94 valence electrons. The summed E-state index contributed by atoms with van der Waals surface area (Å²) in [6, 6.07) is 9.41. The van der Waals surface area contributed by atoms with E-state index in [2.05, 4.69) is 0 Å². The van der Waals surface area contributed by atoms with E-state index in [4.69, 9.17) is 4.74 Å². The molecule has 1 aromatic heterocycles. The topological polar surface area (TPSA) is 31.2 Å². The summed E-state index contributed by atoms with van der Waals surface area (Å²) in [7, 11) is 1.62. The zero-order valence-electron chi connectivity index (χ0n) is 10.3. The standard InChI is InChI=1S/C14H14FNO2/c1-3-18-10-7-8-11(12(15)9-10)13-5-4-6-14(17)16(13)2/h4-9H,3H2,1-2H3. The highest BCUT2D eigenvalue weighted by molar-refractivity contribution is 5.61. The van der Waals surface area contributed by atoms with Crippen LogP contribution in [0.5, 0.6) is 5.75 Å². The first-order chi connectivity index (χ1) is 8.63. The molecule has 18 heavy (non-hydrogen) atoms. The van der Waals surface area contributed by atoms with Crippen molar-refractivity contribution in [3.63, 3.8) is 0 Å². The van der Waals surface area contributed by atoms with E-state index in [-0.39, 0.29) is 5.56 Å². The molecule has 3 nitrogen and oxygen atoms in total. The van der Waals surface area contributed by atoms with Gasteiger partial charge in [0.25, 0.3) is 5.56 Å². The van der Waals surface area contributed by atoms with Crippen LogP contribution in [0.3, 0.4) is 0 Å². The first-order valence-electron chi connectivity index (χ1n) is 5.72. The third-order valence-electron chi connectivity index (χ3n) is 2.71. The Morgan fingerprint density at radius 2 is 2.06 bits per heavy atom. The van der Waals surface area contributed by atoms with Crippen LogP contribution < -0.4 is 10.3 Å². The Kier molecular flexibility index (Phi) is 3.46. The van der Waals surface area contributed by atoms with E-state index in [9.17, 15) is 9.18 Å². The molecule has 0 saturated heterocycles. The molecule has 0 bridgehead atoms. The normalized spacial score (nSPS) is 10.4. The highest BCUT2D eigenvalue weighted by Crippen LogP contribution is 2.25. The second-order valence-electron chi connectivity index (χ2n) is 3.88. The lowest BCUT2D eigenvalue weighted by atomic mass is 10.1. The van der Waals surface area contributed by atoms with Crippen LogP contribution >= 0.6 is 0 Å². The molecule has 0 aliphatic heterocycles. The van der Waals surface area contributed by atoms with Crippen LogP contribution in [-0.2, 0) is 7.05 Å². The molecular weight excluding hydrogens is 233 g/mol. The summed E-state index contributed by atoms with van der Waals surface area (Å²) in [5.41, 5.74) is 0.766. The second kappa shape index (κ2) is 5.04. The summed E-state index contributed by atoms with van der Waals surface area (Å²) in [5.74, 6) is 0.0850. The smallest absolute Gasteiger partial charge is 0.250 e. The van der Waals surface area contributed by atoms with Gasteiger partial charge >= 0.3 is 0 Å². The van der Waals surface area contributed by atoms with Crippen molar-refractivity contribution in [1.82, 2.24) is 4.57 Å². The van der Waals surface area contributed by atoms with Gasteiger partial charge in [0, 0.05) is 24.7 Å². The predicted octanol–water partition coefficient (Wildman–Crippen LogP) is 2.59. The first-order valence-corrected chi connectivity index (χ1v) is 5.72. The quantitative estimate of drug-likeness (QED) is 0.834. The van der Waals surface area contributed by atoms with E-state index in [0.29, 0.717) is 23.6 Å². The lowest BCUT2D eigenvalue weighted by Gasteiger charge is -2.10. The number of pyridine rings is 1. The lowest BCUT2D eigenvalue weighted by molar-refractivity contribution is 0.338. The number of ether oxygens (including phenoxy) is 1. The fourth-order valence-electron chi connectivity index (χ4n) is 1.79. The molecule has 0 aliphatic carbocycles. The molecule has 0 amide bonds. The molecule has 2 rings (SSSR count). The monoisotopic (exact) mass is 247 g/mol. The van der Waals surface area contributed by atoms with Gasteiger partial charge in [-0.3, -0.25) is 4.79 Å². The van der Waals surface area contributed by atoms with Gasteiger partial charge in [-0.15, -0.1) is 0 Å². The van der Waals surface area contributed by atoms with Crippen LogP contribution in [0.4, 0.5) is 4.39 Å². The summed E-state index contributed by atoms with van der Waals surface area (Å²) < 4.78 is 20.6. The minimum absolute atomic E-state index is 0.166. The summed E-state index contributed by atoms with van der Waals surface area (Å²) in [6.45, 7) is 2.33. The minimum Gasteiger partial charge on any atom is -0.494 e. The minimum atomic E-state index is -0.401. The van der Waals surface area contributed by atoms with Crippen molar-refractivity contribution in [2.45, 2.75) is 6.92 Å². The molecule has 2 aromatic rings. The van der Waals surface area contributed by atoms with Crippen LogP contribution in [0.2, 0.25) is 0 Å². The number of aromatic nitrogens is 1. The molecule has 0 spiro atoms. The number of halogens is 1. The van der Waals surface area contributed by atoms with Crippen molar-refractivity contribution in [3.05, 3.63) is 52.6 Å². The Morgan fingerprint density at radius 1 is 1.28 bits per heavy atom. The Hall–Kier alpha value is -2.10. The number of rotatable bonds is 3. The number of hydrogen-bond donors (Lipinski definition) is 0. The van der Waals surface area contributed by atoms with Crippen molar-refractivity contribution >= 4 is 0 Å². The van der Waals surface area contributed by atoms with Crippen LogP contribution in [-0.4, -0.2) is 11.2 Å². The van der Waals surface area contributed by atoms with E-state index < -0.39 is 5.82 Å². The van der Waals surface area contributed by atoms with Gasteiger partial charge < -0.3 is 9.30 Å². The number of hydrogen-bond acceptors (Lipinski definition) is 2.